The maximum absolute atomic E-state index is 2.84. The second-order valence-electron chi connectivity index (χ2n) is 26.5. The molecule has 66 heavy (non-hydrogen) atoms. The van der Waals surface area contributed by atoms with E-state index in [2.05, 4.69) is 238 Å². The van der Waals surface area contributed by atoms with Crippen molar-refractivity contribution in [3.8, 4) is 39.2 Å². The molecule has 0 saturated carbocycles. The number of fused-ring (bicyclic) bond motifs is 7. The fourth-order valence-electron chi connectivity index (χ4n) is 11.1. The van der Waals surface area contributed by atoms with Gasteiger partial charge in [0.05, 0.1) is 11.0 Å². The summed E-state index contributed by atoms with van der Waals surface area (Å²) in [5.74, 6) is 0. The first-order valence-electron chi connectivity index (χ1n) is 24.7. The monoisotopic (exact) mass is 869 g/mol. The highest BCUT2D eigenvalue weighted by Crippen LogP contribution is 2.51. The summed E-state index contributed by atoms with van der Waals surface area (Å²) < 4.78 is 5.52. The third kappa shape index (κ3) is 6.71. The van der Waals surface area contributed by atoms with Gasteiger partial charge in [0.2, 0.25) is 0 Å². The average Bonchev–Trinajstić information content (AvgIpc) is 3.72. The standard InChI is InChI=1S/C63H73BN2/c1-36-20-23-39(59(5,6)7)28-44(36)53-49-33-41(61(11,12)13)31-48-46-30-43(63(17,18)19)35-52-54(46)64(66(56(48)49)55(53)37-21-24-38(25-22-37)58(2,3)4)50-34-42(62(14,15)16)32-47-45-29-40(60(8,9)10)26-27-51(45)65(52)57(47)50/h20-35H,1-19H3. The van der Waals surface area contributed by atoms with E-state index in [0.717, 1.165) is 0 Å². The third-order valence-electron chi connectivity index (χ3n) is 15.4. The van der Waals surface area contributed by atoms with Crippen molar-refractivity contribution >= 4 is 50.5 Å². The molecule has 2 aliphatic heterocycles. The summed E-state index contributed by atoms with van der Waals surface area (Å²) in [6, 6.07) is 39.7. The molecule has 0 radical (unpaired) electrons. The average molecular weight is 869 g/mol. The van der Waals surface area contributed by atoms with Crippen molar-refractivity contribution in [1.82, 2.24) is 9.05 Å². The fraction of sp³-hybridized carbons (Fsp3) is 0.397. The molecule has 0 fully saturated rings. The second-order valence-corrected chi connectivity index (χ2v) is 26.5. The van der Waals surface area contributed by atoms with Crippen molar-refractivity contribution < 1.29 is 0 Å². The van der Waals surface area contributed by atoms with Gasteiger partial charge in [0.1, 0.15) is 0 Å². The van der Waals surface area contributed by atoms with Crippen molar-refractivity contribution in [2.75, 3.05) is 0 Å². The fourth-order valence-corrected chi connectivity index (χ4v) is 11.1. The van der Waals surface area contributed by atoms with E-state index in [4.69, 9.17) is 0 Å². The van der Waals surface area contributed by atoms with E-state index in [1.54, 1.807) is 0 Å². The maximum Gasteiger partial charge on any atom is 0.333 e. The van der Waals surface area contributed by atoms with Crippen molar-refractivity contribution in [2.24, 2.45) is 0 Å². The zero-order valence-corrected chi connectivity index (χ0v) is 43.7. The number of benzene rings is 6. The van der Waals surface area contributed by atoms with Gasteiger partial charge in [-0.3, -0.25) is 0 Å². The molecule has 6 aromatic carbocycles. The summed E-state index contributed by atoms with van der Waals surface area (Å²) >= 11 is 0. The molecule has 0 amide bonds. The Labute approximate surface area is 397 Å². The Hall–Kier alpha value is -5.28. The highest BCUT2D eigenvalue weighted by molar-refractivity contribution is 6.90. The van der Waals surface area contributed by atoms with Crippen LogP contribution in [0.15, 0.2) is 97.1 Å². The van der Waals surface area contributed by atoms with Crippen LogP contribution in [0.5, 0.6) is 0 Å². The molecule has 0 aliphatic carbocycles. The van der Waals surface area contributed by atoms with Gasteiger partial charge in [0, 0.05) is 44.2 Å². The Kier molecular flexibility index (Phi) is 9.38. The van der Waals surface area contributed by atoms with Gasteiger partial charge in [-0.1, -0.05) is 185 Å². The molecule has 338 valence electrons. The summed E-state index contributed by atoms with van der Waals surface area (Å²) in [6.45, 7) is 44.8. The quantitative estimate of drug-likeness (QED) is 0.153. The summed E-state index contributed by atoms with van der Waals surface area (Å²) in [5.41, 5.74) is 25.4. The van der Waals surface area contributed by atoms with Gasteiger partial charge >= 0.3 is 6.85 Å². The van der Waals surface area contributed by atoms with E-state index >= 15 is 0 Å². The minimum absolute atomic E-state index is 0.0117. The lowest BCUT2D eigenvalue weighted by atomic mass is 9.45. The van der Waals surface area contributed by atoms with Gasteiger partial charge in [-0.05, 0) is 142 Å². The van der Waals surface area contributed by atoms with Crippen LogP contribution in [0.3, 0.4) is 0 Å². The number of hydrogen-bond donors (Lipinski definition) is 0. The van der Waals surface area contributed by atoms with E-state index in [9.17, 15) is 0 Å². The van der Waals surface area contributed by atoms with E-state index < -0.39 is 0 Å². The molecule has 2 aromatic heterocycles. The summed E-state index contributed by atoms with van der Waals surface area (Å²) in [5, 5.41) is 4.05. The number of hydrogen-bond acceptors (Lipinski definition) is 0. The van der Waals surface area contributed by atoms with Gasteiger partial charge in [-0.25, -0.2) is 0 Å². The number of nitrogens with zero attached hydrogens (tertiary/aromatic N) is 2. The lowest BCUT2D eigenvalue weighted by Gasteiger charge is -2.37. The zero-order valence-electron chi connectivity index (χ0n) is 43.7. The van der Waals surface area contributed by atoms with Gasteiger partial charge in [0.25, 0.3) is 0 Å². The molecular formula is C63H73BN2. The Morgan fingerprint density at radius 1 is 0.394 bits per heavy atom. The molecule has 0 unspecified atom stereocenters. The van der Waals surface area contributed by atoms with E-state index in [1.165, 1.54) is 122 Å². The molecule has 3 heteroatoms. The predicted molar refractivity (Wildman–Crippen MR) is 290 cm³/mol. The van der Waals surface area contributed by atoms with Crippen LogP contribution in [-0.2, 0) is 32.5 Å². The van der Waals surface area contributed by atoms with Crippen molar-refractivity contribution in [2.45, 2.75) is 164 Å². The minimum atomic E-state index is -0.0821. The first kappa shape index (κ1) is 44.6. The predicted octanol–water partition coefficient (Wildman–Crippen LogP) is 16.1. The summed E-state index contributed by atoms with van der Waals surface area (Å²) in [7, 11) is 0. The van der Waals surface area contributed by atoms with E-state index in [1.807, 2.05) is 0 Å². The molecule has 2 aliphatic rings. The lowest BCUT2D eigenvalue weighted by molar-refractivity contribution is 0.589. The Morgan fingerprint density at radius 2 is 0.864 bits per heavy atom. The first-order valence-corrected chi connectivity index (χ1v) is 24.7. The SMILES string of the molecule is Cc1ccc(C(C)(C)C)cc1-c1c(-c2ccc(C(C)(C)C)cc2)n2c3c(cc(C(C)(C)C)cc13)-c1cc(C(C)(C)C)cc3c1B2c1cc(C(C)(C)C)cc2c4cc(C(C)(C)C)ccc4n-3c12. The van der Waals surface area contributed by atoms with Crippen molar-refractivity contribution in [3.63, 3.8) is 0 Å². The Bertz CT molecular complexity index is 3340. The van der Waals surface area contributed by atoms with Gasteiger partial charge in [-0.2, -0.15) is 0 Å². The number of aromatic nitrogens is 2. The summed E-state index contributed by atoms with van der Waals surface area (Å²) in [4.78, 5) is 0. The van der Waals surface area contributed by atoms with Crippen LogP contribution >= 0.6 is 0 Å². The van der Waals surface area contributed by atoms with Crippen LogP contribution in [-0.4, -0.2) is 15.9 Å². The normalized spacial score (nSPS) is 14.3. The molecule has 8 aromatic rings. The summed E-state index contributed by atoms with van der Waals surface area (Å²) in [6.07, 6.45) is 0. The molecule has 0 atom stereocenters. The molecular weight excluding hydrogens is 796 g/mol. The molecule has 0 saturated heterocycles. The maximum atomic E-state index is 2.84. The molecule has 10 rings (SSSR count). The van der Waals surface area contributed by atoms with Crippen LogP contribution in [0.2, 0.25) is 0 Å². The molecule has 0 spiro atoms. The van der Waals surface area contributed by atoms with Gasteiger partial charge in [0.15, 0.2) is 0 Å². The van der Waals surface area contributed by atoms with E-state index in [0.29, 0.717) is 0 Å². The van der Waals surface area contributed by atoms with Gasteiger partial charge < -0.3 is 9.05 Å². The minimum Gasteiger partial charge on any atom is -0.375 e. The number of aryl methyl sites for hydroxylation is 1. The van der Waals surface area contributed by atoms with E-state index in [-0.39, 0.29) is 39.3 Å². The third-order valence-corrected chi connectivity index (χ3v) is 15.4. The van der Waals surface area contributed by atoms with Crippen LogP contribution in [0.4, 0.5) is 0 Å². The number of rotatable bonds is 2. The molecule has 0 bridgehead atoms. The molecule has 4 heterocycles. The topological polar surface area (TPSA) is 9.86 Å². The van der Waals surface area contributed by atoms with Crippen LogP contribution in [0, 0.1) is 6.92 Å². The highest BCUT2D eigenvalue weighted by Gasteiger charge is 2.45. The Balaban J connectivity index is 1.49. The largest absolute Gasteiger partial charge is 0.375 e. The van der Waals surface area contributed by atoms with Gasteiger partial charge in [-0.15, -0.1) is 0 Å². The zero-order chi connectivity index (χ0) is 47.7. The van der Waals surface area contributed by atoms with Crippen molar-refractivity contribution in [3.05, 3.63) is 136 Å². The van der Waals surface area contributed by atoms with Crippen LogP contribution in [0.1, 0.15) is 164 Å². The lowest BCUT2D eigenvalue weighted by Crippen LogP contribution is -2.56. The smallest absolute Gasteiger partial charge is 0.333 e. The molecule has 0 N–H and O–H groups in total. The van der Waals surface area contributed by atoms with Crippen molar-refractivity contribution in [1.29, 1.82) is 0 Å². The van der Waals surface area contributed by atoms with Crippen LogP contribution < -0.4 is 10.9 Å². The Morgan fingerprint density at radius 3 is 1.45 bits per heavy atom. The molecule has 2 nitrogen and oxygen atoms in total. The van der Waals surface area contributed by atoms with Crippen LogP contribution in [0.25, 0.3) is 71.9 Å². The highest BCUT2D eigenvalue weighted by atomic mass is 15.0. The first-order chi connectivity index (χ1) is 30.4. The second kappa shape index (κ2) is 13.9.